The van der Waals surface area contributed by atoms with E-state index in [0.717, 1.165) is 6.08 Å². The first-order chi connectivity index (χ1) is 3.81. The molecule has 0 N–H and O–H groups in total. The Morgan fingerprint density at radius 1 is 1.75 bits per heavy atom. The molecule has 0 bridgehead atoms. The van der Waals surface area contributed by atoms with Crippen molar-refractivity contribution < 1.29 is 7.86 Å². The van der Waals surface area contributed by atoms with E-state index in [4.69, 9.17) is 0 Å². The van der Waals surface area contributed by atoms with Crippen molar-refractivity contribution in [1.29, 1.82) is 0 Å². The molecule has 0 aliphatic heterocycles. The third kappa shape index (κ3) is 9.34. The van der Waals surface area contributed by atoms with E-state index in [-0.39, 0.29) is 0 Å². The van der Waals surface area contributed by atoms with Crippen LogP contribution in [0.1, 0.15) is 13.8 Å². The van der Waals surface area contributed by atoms with Gasteiger partial charge in [0, 0.05) is 6.08 Å². The van der Waals surface area contributed by atoms with E-state index >= 15 is 0 Å². The molecule has 8 heavy (non-hydrogen) atoms. The van der Waals surface area contributed by atoms with Gasteiger partial charge in [0.2, 0.25) is 0 Å². The third-order valence-corrected chi connectivity index (χ3v) is 0.677. The Hall–Kier alpha value is -0.0600. The lowest BCUT2D eigenvalue weighted by Gasteiger charge is -1.78. The predicted molar refractivity (Wildman–Crippen MR) is 41.7 cm³/mol. The van der Waals surface area contributed by atoms with Crippen LogP contribution in [0.25, 0.3) is 0 Å². The summed E-state index contributed by atoms with van der Waals surface area (Å²) in [7, 11) is 0. The Kier molecular flexibility index (Phi) is 13.6. The summed E-state index contributed by atoms with van der Waals surface area (Å²) < 4.78 is 4.11. The molecule has 0 fully saturated rings. The SMILES string of the molecule is C=CC(=O)OI.CC. The molecule has 0 aliphatic rings. The van der Waals surface area contributed by atoms with Gasteiger partial charge in [-0.1, -0.05) is 20.4 Å². The van der Waals surface area contributed by atoms with E-state index < -0.39 is 5.97 Å². The maximum Gasteiger partial charge on any atom is 0.339 e. The maximum atomic E-state index is 9.83. The molecule has 0 atom stereocenters. The number of hydrogen-bond donors (Lipinski definition) is 0. The fraction of sp³-hybridized carbons (Fsp3) is 0.400. The van der Waals surface area contributed by atoms with Gasteiger partial charge in [0.05, 0.1) is 0 Å². The van der Waals surface area contributed by atoms with Gasteiger partial charge in [-0.05, 0) is 0 Å². The molecule has 0 spiro atoms. The summed E-state index contributed by atoms with van der Waals surface area (Å²) in [5.41, 5.74) is 0. The summed E-state index contributed by atoms with van der Waals surface area (Å²) in [5, 5.41) is 0. The second-order valence-electron chi connectivity index (χ2n) is 0.600. The topological polar surface area (TPSA) is 26.3 Å². The first kappa shape index (κ1) is 10.8. The van der Waals surface area contributed by atoms with Crippen LogP contribution in [0.15, 0.2) is 12.7 Å². The van der Waals surface area contributed by atoms with Crippen molar-refractivity contribution in [3.63, 3.8) is 0 Å². The van der Waals surface area contributed by atoms with Gasteiger partial charge in [0.25, 0.3) is 0 Å². The smallest absolute Gasteiger partial charge is 0.339 e. The van der Waals surface area contributed by atoms with Crippen molar-refractivity contribution in [2.75, 3.05) is 0 Å². The lowest BCUT2D eigenvalue weighted by Crippen LogP contribution is -1.85. The number of hydrogen-bond acceptors (Lipinski definition) is 2. The molecule has 0 aliphatic carbocycles. The molecule has 0 aromatic heterocycles. The van der Waals surface area contributed by atoms with Crippen LogP contribution in [0.3, 0.4) is 0 Å². The number of halogens is 1. The molecule has 48 valence electrons. The second kappa shape index (κ2) is 10.0. The molecule has 0 unspecified atom stereocenters. The maximum absolute atomic E-state index is 9.83. The van der Waals surface area contributed by atoms with Crippen LogP contribution in [0, 0.1) is 0 Å². The zero-order valence-corrected chi connectivity index (χ0v) is 7.14. The monoisotopic (exact) mass is 228 g/mol. The highest BCUT2D eigenvalue weighted by Gasteiger charge is 1.84. The number of carbonyl (C=O) groups excluding carboxylic acids is 1. The minimum atomic E-state index is -0.407. The first-order valence-corrected chi connectivity index (χ1v) is 3.14. The summed E-state index contributed by atoms with van der Waals surface area (Å²) in [6.07, 6.45) is 1.10. The molecular formula is C5H9IO2. The largest absolute Gasteiger partial charge is 0.391 e. The lowest BCUT2D eigenvalue weighted by atomic mass is 10.7. The third-order valence-electron chi connectivity index (χ3n) is 0.243. The van der Waals surface area contributed by atoms with Crippen molar-refractivity contribution >= 4 is 29.0 Å². The van der Waals surface area contributed by atoms with Gasteiger partial charge < -0.3 is 3.07 Å². The molecule has 0 aromatic rings. The van der Waals surface area contributed by atoms with Crippen LogP contribution in [-0.4, -0.2) is 5.97 Å². The van der Waals surface area contributed by atoms with Gasteiger partial charge >= 0.3 is 5.97 Å². The highest BCUT2D eigenvalue weighted by molar-refractivity contribution is 14.1. The molecule has 0 saturated carbocycles. The summed E-state index contributed by atoms with van der Waals surface area (Å²) in [6, 6.07) is 0. The van der Waals surface area contributed by atoms with Gasteiger partial charge in [-0.25, -0.2) is 4.79 Å². The number of carbonyl (C=O) groups is 1. The predicted octanol–water partition coefficient (Wildman–Crippen LogP) is 2.09. The summed E-state index contributed by atoms with van der Waals surface area (Å²) in [6.45, 7) is 7.15. The van der Waals surface area contributed by atoms with E-state index in [2.05, 4.69) is 9.65 Å². The number of rotatable bonds is 1. The normalized spacial score (nSPS) is 5.88. The Balaban J connectivity index is 0. The van der Waals surface area contributed by atoms with E-state index in [1.54, 1.807) is 0 Å². The quantitative estimate of drug-likeness (QED) is 0.507. The second-order valence-corrected chi connectivity index (χ2v) is 1.04. The summed E-state index contributed by atoms with van der Waals surface area (Å²) in [5.74, 6) is -0.407. The van der Waals surface area contributed by atoms with Crippen LogP contribution >= 0.6 is 23.0 Å². The highest BCUT2D eigenvalue weighted by Crippen LogP contribution is 1.85. The van der Waals surface area contributed by atoms with Crippen molar-refractivity contribution in [2.24, 2.45) is 0 Å². The average Bonchev–Trinajstić information content (AvgIpc) is 1.91. The van der Waals surface area contributed by atoms with E-state index in [0.29, 0.717) is 0 Å². The van der Waals surface area contributed by atoms with Crippen molar-refractivity contribution in [3.8, 4) is 0 Å². The molecule has 0 heterocycles. The van der Waals surface area contributed by atoms with Crippen LogP contribution in [0.4, 0.5) is 0 Å². The first-order valence-electron chi connectivity index (χ1n) is 2.26. The minimum Gasteiger partial charge on any atom is -0.391 e. The molecule has 0 radical (unpaired) electrons. The lowest BCUT2D eigenvalue weighted by molar-refractivity contribution is -0.126. The highest BCUT2D eigenvalue weighted by atomic mass is 127. The van der Waals surface area contributed by atoms with Crippen molar-refractivity contribution in [3.05, 3.63) is 12.7 Å². The van der Waals surface area contributed by atoms with Gasteiger partial charge in [-0.3, -0.25) is 0 Å². The molecule has 0 rings (SSSR count). The summed E-state index contributed by atoms with van der Waals surface area (Å²) >= 11 is 1.49. The molecule has 3 heteroatoms. The Morgan fingerprint density at radius 2 is 2.12 bits per heavy atom. The van der Waals surface area contributed by atoms with Gasteiger partial charge in [-0.2, -0.15) is 0 Å². The summed E-state index contributed by atoms with van der Waals surface area (Å²) in [4.78, 5) is 9.83. The molecular weight excluding hydrogens is 219 g/mol. The molecule has 0 aromatic carbocycles. The Labute approximate surface area is 63.6 Å². The zero-order valence-electron chi connectivity index (χ0n) is 4.98. The van der Waals surface area contributed by atoms with Crippen LogP contribution in [0.5, 0.6) is 0 Å². The van der Waals surface area contributed by atoms with Crippen molar-refractivity contribution in [2.45, 2.75) is 13.8 Å². The zero-order chi connectivity index (χ0) is 6.99. The van der Waals surface area contributed by atoms with E-state index in [1.807, 2.05) is 13.8 Å². The Morgan fingerprint density at radius 3 is 2.12 bits per heavy atom. The van der Waals surface area contributed by atoms with Crippen molar-refractivity contribution in [1.82, 2.24) is 0 Å². The van der Waals surface area contributed by atoms with Gasteiger partial charge in [0.1, 0.15) is 0 Å². The van der Waals surface area contributed by atoms with E-state index in [1.165, 1.54) is 23.0 Å². The average molecular weight is 228 g/mol. The molecule has 0 amide bonds. The van der Waals surface area contributed by atoms with E-state index in [9.17, 15) is 4.79 Å². The fourth-order valence-corrected chi connectivity index (χ4v) is 0.211. The standard InChI is InChI=1S/C3H3IO2.C2H6/c1-2-3(5)6-4;1-2/h2H,1H2;1-2H3. The van der Waals surface area contributed by atoms with Crippen LogP contribution in [0.2, 0.25) is 0 Å². The van der Waals surface area contributed by atoms with Crippen LogP contribution < -0.4 is 0 Å². The van der Waals surface area contributed by atoms with Crippen LogP contribution in [-0.2, 0) is 7.86 Å². The minimum absolute atomic E-state index is 0.407. The molecule has 2 nitrogen and oxygen atoms in total. The fourth-order valence-electron chi connectivity index (χ4n) is 0.0315. The van der Waals surface area contributed by atoms with Gasteiger partial charge in [0.15, 0.2) is 23.0 Å². The Bertz CT molecular complexity index is 70.8. The molecule has 0 saturated heterocycles. The van der Waals surface area contributed by atoms with Gasteiger partial charge in [-0.15, -0.1) is 0 Å².